The molecule has 2 heterocycles. The van der Waals surface area contributed by atoms with Crippen LogP contribution in [-0.2, 0) is 0 Å². The zero-order valence-electron chi connectivity index (χ0n) is 12.6. The van der Waals surface area contributed by atoms with Crippen LogP contribution < -0.4 is 5.32 Å². The molecule has 2 aromatic heterocycles. The standard InChI is InChI=1S/C15H12N6O3/c1-10-16-5-6-20(10)14-8-13(17-9-18-14)19-15(22)11-3-2-4-12(7-11)21(23)24/h2-9H,1H3,(H,17,18,19,22). The summed E-state index contributed by atoms with van der Waals surface area (Å²) >= 11 is 0. The van der Waals surface area contributed by atoms with Gasteiger partial charge in [-0.15, -0.1) is 0 Å². The number of benzene rings is 1. The van der Waals surface area contributed by atoms with Crippen LogP contribution in [0.3, 0.4) is 0 Å². The lowest BCUT2D eigenvalue weighted by Crippen LogP contribution is -2.14. The quantitative estimate of drug-likeness (QED) is 0.580. The highest BCUT2D eigenvalue weighted by Gasteiger charge is 2.13. The molecule has 0 saturated heterocycles. The number of nitro groups is 1. The van der Waals surface area contributed by atoms with E-state index in [1.807, 2.05) is 6.92 Å². The van der Waals surface area contributed by atoms with Gasteiger partial charge in [-0.2, -0.15) is 0 Å². The van der Waals surface area contributed by atoms with Gasteiger partial charge in [0.15, 0.2) is 0 Å². The number of nitro benzene ring substituents is 1. The molecule has 0 aliphatic heterocycles. The maximum atomic E-state index is 12.2. The minimum atomic E-state index is -0.554. The molecule has 1 N–H and O–H groups in total. The second kappa shape index (κ2) is 6.24. The zero-order valence-corrected chi connectivity index (χ0v) is 12.6. The van der Waals surface area contributed by atoms with Crippen molar-refractivity contribution in [1.82, 2.24) is 19.5 Å². The Morgan fingerprint density at radius 2 is 2.08 bits per heavy atom. The van der Waals surface area contributed by atoms with Gasteiger partial charge in [-0.1, -0.05) is 6.07 Å². The van der Waals surface area contributed by atoms with Crippen molar-refractivity contribution in [1.29, 1.82) is 0 Å². The van der Waals surface area contributed by atoms with Crippen molar-refractivity contribution in [3.05, 3.63) is 70.6 Å². The van der Waals surface area contributed by atoms with Gasteiger partial charge in [0.2, 0.25) is 0 Å². The number of nitrogens with one attached hydrogen (secondary N) is 1. The van der Waals surface area contributed by atoms with Crippen molar-refractivity contribution >= 4 is 17.4 Å². The number of anilines is 1. The van der Waals surface area contributed by atoms with Crippen LogP contribution >= 0.6 is 0 Å². The van der Waals surface area contributed by atoms with E-state index in [9.17, 15) is 14.9 Å². The minimum absolute atomic E-state index is 0.153. The van der Waals surface area contributed by atoms with Gasteiger partial charge < -0.3 is 5.32 Å². The summed E-state index contributed by atoms with van der Waals surface area (Å²) in [5.41, 5.74) is 0.0169. The number of aromatic nitrogens is 4. The molecule has 0 spiro atoms. The van der Waals surface area contributed by atoms with Crippen LogP contribution in [0.15, 0.2) is 49.1 Å². The second-order valence-corrected chi connectivity index (χ2v) is 4.87. The van der Waals surface area contributed by atoms with Crippen LogP contribution in [-0.4, -0.2) is 30.3 Å². The Morgan fingerprint density at radius 3 is 2.79 bits per heavy atom. The topological polar surface area (TPSA) is 116 Å². The van der Waals surface area contributed by atoms with E-state index < -0.39 is 10.8 Å². The third kappa shape index (κ3) is 3.09. The lowest BCUT2D eigenvalue weighted by molar-refractivity contribution is -0.384. The SMILES string of the molecule is Cc1nccn1-c1cc(NC(=O)c2cccc([N+](=O)[O-])c2)ncn1. The Hall–Kier alpha value is -3.62. The van der Waals surface area contributed by atoms with Crippen LogP contribution in [0.1, 0.15) is 16.2 Å². The van der Waals surface area contributed by atoms with E-state index in [2.05, 4.69) is 20.3 Å². The van der Waals surface area contributed by atoms with Crippen molar-refractivity contribution in [3.63, 3.8) is 0 Å². The molecule has 0 saturated carbocycles. The van der Waals surface area contributed by atoms with Gasteiger partial charge in [-0.25, -0.2) is 15.0 Å². The van der Waals surface area contributed by atoms with E-state index in [1.165, 1.54) is 30.6 Å². The summed E-state index contributed by atoms with van der Waals surface area (Å²) in [6, 6.07) is 7.06. The predicted octanol–water partition coefficient (Wildman–Crippen LogP) is 2.13. The first kappa shape index (κ1) is 15.3. The van der Waals surface area contributed by atoms with E-state index in [0.29, 0.717) is 5.82 Å². The Bertz CT molecular complexity index is 921. The fourth-order valence-electron chi connectivity index (χ4n) is 2.12. The molecule has 0 radical (unpaired) electrons. The Labute approximate surface area is 136 Å². The number of aryl methyl sites for hydroxylation is 1. The lowest BCUT2D eigenvalue weighted by atomic mass is 10.2. The van der Waals surface area contributed by atoms with Crippen LogP contribution in [0.2, 0.25) is 0 Å². The lowest BCUT2D eigenvalue weighted by Gasteiger charge is -2.07. The second-order valence-electron chi connectivity index (χ2n) is 4.87. The van der Waals surface area contributed by atoms with Crippen molar-refractivity contribution in [2.75, 3.05) is 5.32 Å². The maximum absolute atomic E-state index is 12.2. The summed E-state index contributed by atoms with van der Waals surface area (Å²) in [5.74, 6) is 1.08. The Balaban J connectivity index is 1.84. The first-order valence-corrected chi connectivity index (χ1v) is 6.93. The van der Waals surface area contributed by atoms with E-state index in [1.54, 1.807) is 23.0 Å². The third-order valence-corrected chi connectivity index (χ3v) is 3.29. The van der Waals surface area contributed by atoms with E-state index >= 15 is 0 Å². The van der Waals surface area contributed by atoms with Gasteiger partial charge in [-0.05, 0) is 13.0 Å². The smallest absolute Gasteiger partial charge is 0.270 e. The molecule has 3 aromatic rings. The molecular formula is C15H12N6O3. The molecule has 0 aliphatic rings. The number of hydrogen-bond acceptors (Lipinski definition) is 6. The summed E-state index contributed by atoms with van der Waals surface area (Å²) in [4.78, 5) is 34.7. The van der Waals surface area contributed by atoms with Crippen molar-refractivity contribution < 1.29 is 9.72 Å². The van der Waals surface area contributed by atoms with Gasteiger partial charge in [0.1, 0.15) is 23.8 Å². The maximum Gasteiger partial charge on any atom is 0.270 e. The molecule has 9 nitrogen and oxygen atoms in total. The molecule has 1 amide bonds. The molecule has 24 heavy (non-hydrogen) atoms. The molecular weight excluding hydrogens is 312 g/mol. The van der Waals surface area contributed by atoms with Crippen molar-refractivity contribution in [2.24, 2.45) is 0 Å². The van der Waals surface area contributed by atoms with Gasteiger partial charge in [0, 0.05) is 36.2 Å². The highest BCUT2D eigenvalue weighted by molar-refractivity contribution is 6.04. The van der Waals surface area contributed by atoms with Gasteiger partial charge in [-0.3, -0.25) is 19.5 Å². The number of carbonyl (C=O) groups excluding carboxylic acids is 1. The number of carbonyl (C=O) groups is 1. The Kier molecular flexibility index (Phi) is 3.98. The average molecular weight is 324 g/mol. The predicted molar refractivity (Wildman–Crippen MR) is 84.9 cm³/mol. The Morgan fingerprint density at radius 1 is 1.25 bits per heavy atom. The summed E-state index contributed by atoms with van der Waals surface area (Å²) < 4.78 is 1.74. The van der Waals surface area contributed by atoms with Gasteiger partial charge in [0.05, 0.1) is 4.92 Å². The van der Waals surface area contributed by atoms with E-state index in [0.717, 1.165) is 5.82 Å². The van der Waals surface area contributed by atoms with Crippen LogP contribution in [0.5, 0.6) is 0 Å². The molecule has 1 aromatic carbocycles. The third-order valence-electron chi connectivity index (χ3n) is 3.29. The normalized spacial score (nSPS) is 10.4. The fraction of sp³-hybridized carbons (Fsp3) is 0.0667. The number of amides is 1. The molecule has 0 aliphatic carbocycles. The number of non-ortho nitro benzene ring substituents is 1. The van der Waals surface area contributed by atoms with E-state index in [4.69, 9.17) is 0 Å². The molecule has 0 fully saturated rings. The summed E-state index contributed by atoms with van der Waals surface area (Å²) in [7, 11) is 0. The summed E-state index contributed by atoms with van der Waals surface area (Å²) in [5, 5.41) is 13.4. The average Bonchev–Trinajstić information content (AvgIpc) is 3.01. The van der Waals surface area contributed by atoms with Crippen LogP contribution in [0.4, 0.5) is 11.5 Å². The van der Waals surface area contributed by atoms with Gasteiger partial charge in [0.25, 0.3) is 11.6 Å². The molecule has 0 atom stereocenters. The first-order valence-electron chi connectivity index (χ1n) is 6.93. The first-order chi connectivity index (χ1) is 11.5. The fourth-order valence-corrected chi connectivity index (χ4v) is 2.12. The highest BCUT2D eigenvalue weighted by atomic mass is 16.6. The summed E-state index contributed by atoms with van der Waals surface area (Å²) in [6.07, 6.45) is 4.69. The molecule has 120 valence electrons. The summed E-state index contributed by atoms with van der Waals surface area (Å²) in [6.45, 7) is 1.82. The number of hydrogen-bond donors (Lipinski definition) is 1. The number of imidazole rings is 1. The van der Waals surface area contributed by atoms with Crippen LogP contribution in [0, 0.1) is 17.0 Å². The molecule has 0 bridgehead atoms. The monoisotopic (exact) mass is 324 g/mol. The minimum Gasteiger partial charge on any atom is -0.306 e. The highest BCUT2D eigenvalue weighted by Crippen LogP contribution is 2.15. The molecule has 3 rings (SSSR count). The van der Waals surface area contributed by atoms with Crippen LogP contribution in [0.25, 0.3) is 5.82 Å². The van der Waals surface area contributed by atoms with Crippen molar-refractivity contribution in [2.45, 2.75) is 6.92 Å². The molecule has 9 heteroatoms. The van der Waals surface area contributed by atoms with Crippen molar-refractivity contribution in [3.8, 4) is 5.82 Å². The largest absolute Gasteiger partial charge is 0.306 e. The van der Waals surface area contributed by atoms with Gasteiger partial charge >= 0.3 is 0 Å². The number of rotatable bonds is 4. The number of nitrogens with zero attached hydrogens (tertiary/aromatic N) is 5. The molecule has 0 unspecified atom stereocenters. The van der Waals surface area contributed by atoms with E-state index in [-0.39, 0.29) is 17.1 Å². The zero-order chi connectivity index (χ0) is 17.1.